The molecule has 5 N–H and O–H groups in total. The quantitative estimate of drug-likeness (QED) is 0.199. The third kappa shape index (κ3) is 5.99. The van der Waals surface area contributed by atoms with Gasteiger partial charge < -0.3 is 35.3 Å². The molecular weight excluding hydrogens is 596 g/mol. The zero-order valence-corrected chi connectivity index (χ0v) is 26.3. The van der Waals surface area contributed by atoms with E-state index < -0.39 is 6.10 Å². The second kappa shape index (κ2) is 12.7. The molecule has 0 aliphatic carbocycles. The maximum absolute atomic E-state index is 13.5. The Hall–Kier alpha value is -4.07. The number of carbonyl (C=O) groups excluding carboxylic acids is 2. The number of anilines is 2. The third-order valence-corrected chi connectivity index (χ3v) is 9.07. The van der Waals surface area contributed by atoms with Crippen LogP contribution in [0.1, 0.15) is 49.6 Å². The second-order valence-electron chi connectivity index (χ2n) is 11.6. The fourth-order valence-corrected chi connectivity index (χ4v) is 6.49. The Balaban J connectivity index is 1.21. The van der Waals surface area contributed by atoms with Gasteiger partial charge in [-0.25, -0.2) is 9.97 Å². The van der Waals surface area contributed by atoms with Crippen molar-refractivity contribution in [1.82, 2.24) is 29.3 Å². The molecule has 6 rings (SSSR count). The van der Waals surface area contributed by atoms with E-state index in [-0.39, 0.29) is 18.4 Å². The SMILES string of the molecule is Cc1c(NC(=O)c2nc3c(n2C)CCN(C[C@H](O)CO)C3)cccc1-c1cccc(NC(=O)c2nc3c(n2C)CCNC3)c1Cl. The highest BCUT2D eigenvalue weighted by Gasteiger charge is 2.27. The first-order valence-electron chi connectivity index (χ1n) is 15.0. The molecule has 2 aromatic carbocycles. The Morgan fingerprint density at radius 3 is 2.27 bits per heavy atom. The summed E-state index contributed by atoms with van der Waals surface area (Å²) in [6.45, 7) is 4.63. The zero-order chi connectivity index (χ0) is 31.8. The molecule has 0 bridgehead atoms. The summed E-state index contributed by atoms with van der Waals surface area (Å²) in [4.78, 5) is 37.9. The first-order chi connectivity index (χ1) is 21.7. The number of halogens is 1. The normalized spacial score (nSPS) is 15.3. The fourth-order valence-electron chi connectivity index (χ4n) is 6.21. The van der Waals surface area contributed by atoms with Crippen molar-refractivity contribution in [1.29, 1.82) is 0 Å². The van der Waals surface area contributed by atoms with Gasteiger partial charge in [0, 0.05) is 82.3 Å². The van der Waals surface area contributed by atoms with E-state index in [1.807, 2.05) is 65.4 Å². The number of hydrogen-bond donors (Lipinski definition) is 5. The lowest BCUT2D eigenvalue weighted by molar-refractivity contribution is 0.0544. The molecule has 2 aromatic heterocycles. The number of carbonyl (C=O) groups is 2. The molecule has 1 atom stereocenters. The number of amides is 2. The van der Waals surface area contributed by atoms with E-state index in [9.17, 15) is 19.8 Å². The van der Waals surface area contributed by atoms with Gasteiger partial charge in [-0.15, -0.1) is 0 Å². The highest BCUT2D eigenvalue weighted by Crippen LogP contribution is 2.37. The number of nitrogens with zero attached hydrogens (tertiary/aromatic N) is 5. The summed E-state index contributed by atoms with van der Waals surface area (Å²) in [5, 5.41) is 28.7. The van der Waals surface area contributed by atoms with Gasteiger partial charge in [-0.3, -0.25) is 14.5 Å². The summed E-state index contributed by atoms with van der Waals surface area (Å²) in [5.74, 6) is -0.0513. The van der Waals surface area contributed by atoms with Crippen LogP contribution in [0.15, 0.2) is 36.4 Å². The first-order valence-corrected chi connectivity index (χ1v) is 15.4. The lowest BCUT2D eigenvalue weighted by atomic mass is 9.98. The average molecular weight is 633 g/mol. The van der Waals surface area contributed by atoms with Gasteiger partial charge in [-0.1, -0.05) is 35.9 Å². The standard InChI is InChI=1S/C32H37ClN8O4/c1-18-20(21-7-5-9-23(28(21)33)38-32(45)29-35-24-14-34-12-10-26(24)39(29)2)6-4-8-22(18)37-31(44)30-36-25-16-41(15-19(43)17-42)13-11-27(25)40(30)3/h4-9,19,34,42-43H,10-17H2,1-3H3,(H,37,44)(H,38,45)/t19-/m0/s1. The molecule has 2 aliphatic heterocycles. The van der Waals surface area contributed by atoms with Crippen molar-refractivity contribution in [3.05, 3.63) is 81.4 Å². The van der Waals surface area contributed by atoms with Crippen molar-refractivity contribution in [2.75, 3.05) is 36.9 Å². The van der Waals surface area contributed by atoms with E-state index in [1.54, 1.807) is 6.07 Å². The van der Waals surface area contributed by atoms with Crippen molar-refractivity contribution in [2.45, 2.75) is 39.0 Å². The highest BCUT2D eigenvalue weighted by molar-refractivity contribution is 6.36. The van der Waals surface area contributed by atoms with Crippen LogP contribution < -0.4 is 16.0 Å². The van der Waals surface area contributed by atoms with Crippen molar-refractivity contribution < 1.29 is 19.8 Å². The van der Waals surface area contributed by atoms with Crippen molar-refractivity contribution >= 4 is 34.8 Å². The van der Waals surface area contributed by atoms with Gasteiger partial charge in [0.1, 0.15) is 0 Å². The van der Waals surface area contributed by atoms with Crippen molar-refractivity contribution in [3.8, 4) is 11.1 Å². The number of imidazole rings is 2. The van der Waals surface area contributed by atoms with Gasteiger partial charge in [-0.2, -0.15) is 0 Å². The van der Waals surface area contributed by atoms with Crippen LogP contribution in [0.5, 0.6) is 0 Å². The molecule has 0 radical (unpaired) electrons. The zero-order valence-electron chi connectivity index (χ0n) is 25.5. The van der Waals surface area contributed by atoms with Gasteiger partial charge in [0.2, 0.25) is 0 Å². The number of fused-ring (bicyclic) bond motifs is 2. The Kier molecular flexibility index (Phi) is 8.76. The first kappa shape index (κ1) is 30.9. The monoisotopic (exact) mass is 632 g/mol. The molecular formula is C32H37ClN8O4. The molecule has 0 unspecified atom stereocenters. The van der Waals surface area contributed by atoms with Gasteiger partial charge in [0.15, 0.2) is 11.6 Å². The molecule has 0 spiro atoms. The minimum absolute atomic E-state index is 0.295. The molecule has 4 heterocycles. The Morgan fingerprint density at radius 1 is 0.956 bits per heavy atom. The Labute approximate surface area is 266 Å². The lowest BCUT2D eigenvalue weighted by Crippen LogP contribution is -2.38. The smallest absolute Gasteiger partial charge is 0.291 e. The van der Waals surface area contributed by atoms with Crippen LogP contribution in [0.3, 0.4) is 0 Å². The van der Waals surface area contributed by atoms with Crippen LogP contribution >= 0.6 is 11.6 Å². The number of aromatic nitrogens is 4. The van der Waals surface area contributed by atoms with Crippen LogP contribution in [0.2, 0.25) is 5.02 Å². The number of aliphatic hydroxyl groups excluding tert-OH is 2. The summed E-state index contributed by atoms with van der Waals surface area (Å²) in [7, 11) is 3.69. The highest BCUT2D eigenvalue weighted by atomic mass is 35.5. The van der Waals surface area contributed by atoms with Crippen LogP contribution in [-0.4, -0.2) is 78.4 Å². The minimum atomic E-state index is -0.817. The molecule has 4 aromatic rings. The molecule has 236 valence electrons. The van der Waals surface area contributed by atoms with E-state index >= 15 is 0 Å². The summed E-state index contributed by atoms with van der Waals surface area (Å²) in [6.07, 6.45) is 0.679. The number of aliphatic hydroxyl groups is 2. The van der Waals surface area contributed by atoms with Crippen LogP contribution in [0, 0.1) is 6.92 Å². The Bertz CT molecular complexity index is 1780. The summed E-state index contributed by atoms with van der Waals surface area (Å²) < 4.78 is 3.66. The van der Waals surface area contributed by atoms with Crippen molar-refractivity contribution in [3.63, 3.8) is 0 Å². The third-order valence-electron chi connectivity index (χ3n) is 8.67. The minimum Gasteiger partial charge on any atom is -0.394 e. The second-order valence-corrected chi connectivity index (χ2v) is 12.0. The molecule has 13 heteroatoms. The van der Waals surface area contributed by atoms with Crippen LogP contribution in [-0.2, 0) is 40.0 Å². The van der Waals surface area contributed by atoms with Gasteiger partial charge in [-0.05, 0) is 30.2 Å². The molecule has 2 amide bonds. The van der Waals surface area contributed by atoms with E-state index in [4.69, 9.17) is 11.6 Å². The molecule has 45 heavy (non-hydrogen) atoms. The summed E-state index contributed by atoms with van der Waals surface area (Å²) >= 11 is 6.89. The molecule has 0 saturated carbocycles. The molecule has 12 nitrogen and oxygen atoms in total. The van der Waals surface area contributed by atoms with Crippen LogP contribution in [0.25, 0.3) is 11.1 Å². The topological polar surface area (TPSA) is 150 Å². The van der Waals surface area contributed by atoms with Gasteiger partial charge in [0.25, 0.3) is 11.8 Å². The largest absolute Gasteiger partial charge is 0.394 e. The molecule has 2 aliphatic rings. The average Bonchev–Trinajstić information content (AvgIpc) is 3.55. The number of β-amino-alcohol motifs (C(OH)–C–C–N with tert-alkyl or cyclic N) is 1. The van der Waals surface area contributed by atoms with E-state index in [0.29, 0.717) is 66.2 Å². The molecule has 0 saturated heterocycles. The number of nitrogens with one attached hydrogen (secondary N) is 3. The van der Waals surface area contributed by atoms with Gasteiger partial charge in [0.05, 0.1) is 34.8 Å². The Morgan fingerprint density at radius 2 is 1.58 bits per heavy atom. The number of hydrogen-bond acceptors (Lipinski definition) is 8. The van der Waals surface area contributed by atoms with Crippen LogP contribution in [0.4, 0.5) is 11.4 Å². The van der Waals surface area contributed by atoms with E-state index in [1.165, 1.54) is 0 Å². The van der Waals surface area contributed by atoms with E-state index in [0.717, 1.165) is 46.9 Å². The fraction of sp³-hybridized carbons (Fsp3) is 0.375. The number of benzene rings is 2. The predicted octanol–water partition coefficient (Wildman–Crippen LogP) is 2.64. The summed E-state index contributed by atoms with van der Waals surface area (Å²) in [5.41, 5.74) is 7.12. The maximum Gasteiger partial charge on any atom is 0.291 e. The predicted molar refractivity (Wildman–Crippen MR) is 171 cm³/mol. The summed E-state index contributed by atoms with van der Waals surface area (Å²) in [6, 6.07) is 11.1. The lowest BCUT2D eigenvalue weighted by Gasteiger charge is -2.27. The maximum atomic E-state index is 13.5. The molecule has 0 fully saturated rings. The van der Waals surface area contributed by atoms with E-state index in [2.05, 4.69) is 25.9 Å². The van der Waals surface area contributed by atoms with Crippen molar-refractivity contribution in [2.24, 2.45) is 14.1 Å². The van der Waals surface area contributed by atoms with Gasteiger partial charge >= 0.3 is 0 Å². The number of rotatable bonds is 8.